The first kappa shape index (κ1) is 14.4. The first-order valence-corrected chi connectivity index (χ1v) is 7.78. The van der Waals surface area contributed by atoms with Gasteiger partial charge in [0.05, 0.1) is 6.04 Å². The smallest absolute Gasteiger partial charge is 0.241 e. The van der Waals surface area contributed by atoms with Crippen molar-refractivity contribution < 1.29 is 4.79 Å². The molecule has 5 nitrogen and oxygen atoms in total. The number of aryl methyl sites for hydroxylation is 1. The summed E-state index contributed by atoms with van der Waals surface area (Å²) in [6.07, 6.45) is 0. The summed E-state index contributed by atoms with van der Waals surface area (Å²) in [5, 5.41) is 6.57. The highest BCUT2D eigenvalue weighted by atomic mass is 16.2. The van der Waals surface area contributed by atoms with Crippen molar-refractivity contribution in [3.8, 4) is 0 Å². The van der Waals surface area contributed by atoms with E-state index in [2.05, 4.69) is 46.7 Å². The van der Waals surface area contributed by atoms with Gasteiger partial charge in [-0.05, 0) is 24.6 Å². The molecule has 114 valence electrons. The van der Waals surface area contributed by atoms with E-state index >= 15 is 0 Å². The van der Waals surface area contributed by atoms with Gasteiger partial charge in [0.2, 0.25) is 5.91 Å². The lowest BCUT2D eigenvalue weighted by Crippen LogP contribution is -2.59. The number of nitrogens with zero attached hydrogens (tertiary/aromatic N) is 2. The number of amides is 1. The summed E-state index contributed by atoms with van der Waals surface area (Å²) in [5.74, 6) is 0.242. The maximum Gasteiger partial charge on any atom is 0.241 e. The van der Waals surface area contributed by atoms with E-state index in [-0.39, 0.29) is 11.9 Å². The van der Waals surface area contributed by atoms with Gasteiger partial charge in [-0.15, -0.1) is 0 Å². The van der Waals surface area contributed by atoms with E-state index in [1.807, 2.05) is 4.90 Å². The van der Waals surface area contributed by atoms with Crippen LogP contribution in [0.5, 0.6) is 0 Å². The Bertz CT molecular complexity index is 491. The summed E-state index contributed by atoms with van der Waals surface area (Å²) in [7, 11) is 0. The average molecular weight is 288 g/mol. The second-order valence-corrected chi connectivity index (χ2v) is 5.86. The minimum atomic E-state index is -0.0516. The molecule has 0 bridgehead atoms. The van der Waals surface area contributed by atoms with Gasteiger partial charge in [0.1, 0.15) is 0 Å². The Balaban J connectivity index is 1.56. The number of rotatable bonds is 2. The van der Waals surface area contributed by atoms with Crippen LogP contribution in [0.4, 0.5) is 5.69 Å². The number of carbonyl (C=O) groups is 1. The third kappa shape index (κ3) is 3.36. The number of carbonyl (C=O) groups excluding carboxylic acids is 1. The highest BCUT2D eigenvalue weighted by Gasteiger charge is 2.28. The molecule has 0 radical (unpaired) electrons. The number of piperazine rings is 2. The number of hydrogen-bond donors (Lipinski definition) is 2. The van der Waals surface area contributed by atoms with Gasteiger partial charge >= 0.3 is 0 Å². The Morgan fingerprint density at radius 1 is 1.19 bits per heavy atom. The minimum absolute atomic E-state index is 0.0516. The molecule has 1 unspecified atom stereocenters. The van der Waals surface area contributed by atoms with E-state index in [0.717, 1.165) is 45.8 Å². The summed E-state index contributed by atoms with van der Waals surface area (Å²) in [4.78, 5) is 16.8. The lowest BCUT2D eigenvalue weighted by atomic mass is 10.1. The average Bonchev–Trinajstić information content (AvgIpc) is 2.55. The number of anilines is 1. The zero-order chi connectivity index (χ0) is 14.7. The SMILES string of the molecule is Cc1cccc(N2CCN(C(=O)C3CNCCN3)CC2)c1. The summed E-state index contributed by atoms with van der Waals surface area (Å²) in [6, 6.07) is 8.52. The van der Waals surface area contributed by atoms with Gasteiger partial charge in [0.25, 0.3) is 0 Å². The quantitative estimate of drug-likeness (QED) is 0.816. The molecule has 0 spiro atoms. The van der Waals surface area contributed by atoms with Crippen LogP contribution in [-0.2, 0) is 4.79 Å². The van der Waals surface area contributed by atoms with Gasteiger partial charge in [0.15, 0.2) is 0 Å². The van der Waals surface area contributed by atoms with Crippen LogP contribution in [-0.4, -0.2) is 62.7 Å². The van der Waals surface area contributed by atoms with Crippen molar-refractivity contribution in [3.63, 3.8) is 0 Å². The van der Waals surface area contributed by atoms with E-state index in [1.54, 1.807) is 0 Å². The molecule has 2 aliphatic heterocycles. The summed E-state index contributed by atoms with van der Waals surface area (Å²) >= 11 is 0. The normalized spacial score (nSPS) is 23.2. The van der Waals surface area contributed by atoms with Crippen molar-refractivity contribution in [1.82, 2.24) is 15.5 Å². The fourth-order valence-electron chi connectivity index (χ4n) is 3.06. The zero-order valence-electron chi connectivity index (χ0n) is 12.6. The Hall–Kier alpha value is -1.59. The standard InChI is InChI=1S/C16H24N4O/c1-13-3-2-4-14(11-13)19-7-9-20(10-8-19)16(21)15-12-17-5-6-18-15/h2-4,11,15,17-18H,5-10,12H2,1H3. The van der Waals surface area contributed by atoms with Crippen molar-refractivity contribution >= 4 is 11.6 Å². The molecule has 2 saturated heterocycles. The Labute approximate surface area is 126 Å². The lowest BCUT2D eigenvalue weighted by molar-refractivity contribution is -0.133. The number of nitrogens with one attached hydrogen (secondary N) is 2. The molecule has 0 aliphatic carbocycles. The Kier molecular flexibility index (Phi) is 4.41. The Morgan fingerprint density at radius 3 is 2.67 bits per heavy atom. The molecule has 2 fully saturated rings. The number of benzene rings is 1. The molecular weight excluding hydrogens is 264 g/mol. The van der Waals surface area contributed by atoms with Crippen molar-refractivity contribution in [1.29, 1.82) is 0 Å². The Morgan fingerprint density at radius 2 is 2.00 bits per heavy atom. The molecule has 2 N–H and O–H groups in total. The summed E-state index contributed by atoms with van der Waals surface area (Å²) in [6.45, 7) is 8.13. The molecule has 1 atom stereocenters. The molecule has 1 amide bonds. The monoisotopic (exact) mass is 288 g/mol. The van der Waals surface area contributed by atoms with Gasteiger partial charge in [-0.1, -0.05) is 12.1 Å². The van der Waals surface area contributed by atoms with Gasteiger partial charge < -0.3 is 20.4 Å². The summed E-state index contributed by atoms with van der Waals surface area (Å²) < 4.78 is 0. The van der Waals surface area contributed by atoms with E-state index < -0.39 is 0 Å². The van der Waals surface area contributed by atoms with E-state index in [0.29, 0.717) is 0 Å². The molecule has 3 rings (SSSR count). The van der Waals surface area contributed by atoms with Crippen LogP contribution in [0.1, 0.15) is 5.56 Å². The molecule has 2 aliphatic rings. The van der Waals surface area contributed by atoms with Crippen LogP contribution in [0.3, 0.4) is 0 Å². The molecule has 1 aromatic rings. The van der Waals surface area contributed by atoms with E-state index in [9.17, 15) is 4.79 Å². The van der Waals surface area contributed by atoms with E-state index in [1.165, 1.54) is 11.3 Å². The summed E-state index contributed by atoms with van der Waals surface area (Å²) in [5.41, 5.74) is 2.54. The third-order valence-electron chi connectivity index (χ3n) is 4.30. The fraction of sp³-hybridized carbons (Fsp3) is 0.562. The van der Waals surface area contributed by atoms with Crippen molar-refractivity contribution in [2.75, 3.05) is 50.7 Å². The second kappa shape index (κ2) is 6.45. The highest BCUT2D eigenvalue weighted by molar-refractivity contribution is 5.82. The predicted molar refractivity (Wildman–Crippen MR) is 84.6 cm³/mol. The first-order chi connectivity index (χ1) is 10.2. The van der Waals surface area contributed by atoms with Gasteiger partial charge in [-0.25, -0.2) is 0 Å². The van der Waals surface area contributed by atoms with Gasteiger partial charge in [-0.2, -0.15) is 0 Å². The van der Waals surface area contributed by atoms with Crippen LogP contribution in [0, 0.1) is 6.92 Å². The topological polar surface area (TPSA) is 47.6 Å². The van der Waals surface area contributed by atoms with Crippen LogP contribution in [0.2, 0.25) is 0 Å². The fourth-order valence-corrected chi connectivity index (χ4v) is 3.06. The lowest BCUT2D eigenvalue weighted by Gasteiger charge is -2.38. The molecule has 0 saturated carbocycles. The molecule has 21 heavy (non-hydrogen) atoms. The van der Waals surface area contributed by atoms with Crippen molar-refractivity contribution in [2.24, 2.45) is 0 Å². The van der Waals surface area contributed by atoms with Crippen LogP contribution in [0.25, 0.3) is 0 Å². The maximum absolute atomic E-state index is 12.5. The van der Waals surface area contributed by atoms with Crippen LogP contribution >= 0.6 is 0 Å². The molecular formula is C16H24N4O. The van der Waals surface area contributed by atoms with Crippen molar-refractivity contribution in [2.45, 2.75) is 13.0 Å². The zero-order valence-corrected chi connectivity index (χ0v) is 12.6. The predicted octanol–water partition coefficient (Wildman–Crippen LogP) is 0.205. The molecule has 1 aromatic carbocycles. The van der Waals surface area contributed by atoms with Crippen LogP contribution < -0.4 is 15.5 Å². The minimum Gasteiger partial charge on any atom is -0.368 e. The van der Waals surface area contributed by atoms with Crippen molar-refractivity contribution in [3.05, 3.63) is 29.8 Å². The van der Waals surface area contributed by atoms with Gasteiger partial charge in [0, 0.05) is 51.5 Å². The molecule has 0 aromatic heterocycles. The second-order valence-electron chi connectivity index (χ2n) is 5.86. The van der Waals surface area contributed by atoms with Crippen LogP contribution in [0.15, 0.2) is 24.3 Å². The maximum atomic E-state index is 12.5. The molecule has 2 heterocycles. The highest BCUT2D eigenvalue weighted by Crippen LogP contribution is 2.18. The third-order valence-corrected chi connectivity index (χ3v) is 4.30. The molecule has 5 heteroatoms. The largest absolute Gasteiger partial charge is 0.368 e. The van der Waals surface area contributed by atoms with Gasteiger partial charge in [-0.3, -0.25) is 4.79 Å². The first-order valence-electron chi connectivity index (χ1n) is 7.78. The van der Waals surface area contributed by atoms with E-state index in [4.69, 9.17) is 0 Å². The number of hydrogen-bond acceptors (Lipinski definition) is 4.